The lowest BCUT2D eigenvalue weighted by atomic mass is 10.0. The number of thiophene rings is 1. The van der Waals surface area contributed by atoms with Gasteiger partial charge in [0.2, 0.25) is 0 Å². The van der Waals surface area contributed by atoms with Gasteiger partial charge in [-0.3, -0.25) is 4.98 Å². The second kappa shape index (κ2) is 6.15. The van der Waals surface area contributed by atoms with Crippen molar-refractivity contribution in [3.8, 4) is 0 Å². The Balaban J connectivity index is 1.98. The Kier molecular flexibility index (Phi) is 4.54. The van der Waals surface area contributed by atoms with Crippen LogP contribution in [0.2, 0.25) is 4.34 Å². The average molecular weight is 267 g/mol. The fraction of sp³-hybridized carbons (Fsp3) is 0.308. The van der Waals surface area contributed by atoms with Crippen LogP contribution in [0, 0.1) is 0 Å². The van der Waals surface area contributed by atoms with Crippen LogP contribution in [0.5, 0.6) is 0 Å². The van der Waals surface area contributed by atoms with Gasteiger partial charge in [-0.2, -0.15) is 0 Å². The van der Waals surface area contributed by atoms with Gasteiger partial charge in [0.25, 0.3) is 0 Å². The summed E-state index contributed by atoms with van der Waals surface area (Å²) in [5, 5.41) is 3.35. The van der Waals surface area contributed by atoms with Gasteiger partial charge in [-0.1, -0.05) is 11.6 Å². The van der Waals surface area contributed by atoms with Crippen molar-refractivity contribution in [3.05, 3.63) is 51.4 Å². The van der Waals surface area contributed by atoms with Crippen molar-refractivity contribution in [2.24, 2.45) is 0 Å². The molecule has 2 rings (SSSR count). The maximum atomic E-state index is 5.94. The molecule has 90 valence electrons. The molecule has 0 bridgehead atoms. The van der Waals surface area contributed by atoms with Gasteiger partial charge >= 0.3 is 0 Å². The van der Waals surface area contributed by atoms with Crippen molar-refractivity contribution in [1.82, 2.24) is 10.3 Å². The van der Waals surface area contributed by atoms with Crippen molar-refractivity contribution in [2.45, 2.75) is 18.9 Å². The van der Waals surface area contributed by atoms with E-state index in [1.165, 1.54) is 10.4 Å². The van der Waals surface area contributed by atoms with E-state index >= 15 is 0 Å². The topological polar surface area (TPSA) is 24.9 Å². The summed E-state index contributed by atoms with van der Waals surface area (Å²) in [6.07, 6.45) is 5.69. The lowest BCUT2D eigenvalue weighted by molar-refractivity contribution is 0.560. The molecular formula is C13H15ClN2S. The molecule has 0 radical (unpaired) electrons. The van der Waals surface area contributed by atoms with Crippen LogP contribution in [0.15, 0.2) is 36.7 Å². The van der Waals surface area contributed by atoms with Crippen molar-refractivity contribution >= 4 is 22.9 Å². The zero-order valence-electron chi connectivity index (χ0n) is 9.69. The van der Waals surface area contributed by atoms with E-state index in [1.807, 2.05) is 25.5 Å². The highest BCUT2D eigenvalue weighted by Gasteiger charge is 2.09. The molecule has 4 heteroatoms. The van der Waals surface area contributed by atoms with Crippen LogP contribution in [0.25, 0.3) is 0 Å². The van der Waals surface area contributed by atoms with E-state index in [-0.39, 0.29) is 0 Å². The fourth-order valence-corrected chi connectivity index (χ4v) is 2.95. The van der Waals surface area contributed by atoms with Gasteiger partial charge in [-0.15, -0.1) is 11.3 Å². The smallest absolute Gasteiger partial charge is 0.0931 e. The predicted molar refractivity (Wildman–Crippen MR) is 73.8 cm³/mol. The van der Waals surface area contributed by atoms with Crippen molar-refractivity contribution in [2.75, 3.05) is 7.05 Å². The number of halogens is 1. The zero-order valence-corrected chi connectivity index (χ0v) is 11.3. The first kappa shape index (κ1) is 12.6. The summed E-state index contributed by atoms with van der Waals surface area (Å²) >= 11 is 7.59. The third-order valence-electron chi connectivity index (χ3n) is 2.72. The molecule has 0 aliphatic heterocycles. The van der Waals surface area contributed by atoms with E-state index in [1.54, 1.807) is 11.3 Å². The molecule has 0 saturated carbocycles. The summed E-state index contributed by atoms with van der Waals surface area (Å²) in [5.74, 6) is 0. The first-order valence-corrected chi connectivity index (χ1v) is 6.78. The first-order chi connectivity index (χ1) is 8.28. The molecule has 2 heterocycles. The van der Waals surface area contributed by atoms with E-state index in [9.17, 15) is 0 Å². The quantitative estimate of drug-likeness (QED) is 0.899. The summed E-state index contributed by atoms with van der Waals surface area (Å²) in [6.45, 7) is 0. The van der Waals surface area contributed by atoms with Gasteiger partial charge in [0.15, 0.2) is 0 Å². The van der Waals surface area contributed by atoms with Gasteiger partial charge in [0.1, 0.15) is 0 Å². The van der Waals surface area contributed by atoms with E-state index < -0.39 is 0 Å². The molecular weight excluding hydrogens is 252 g/mol. The fourth-order valence-electron chi connectivity index (χ4n) is 1.78. The van der Waals surface area contributed by atoms with E-state index in [0.717, 1.165) is 17.2 Å². The molecule has 1 unspecified atom stereocenters. The number of pyridine rings is 1. The van der Waals surface area contributed by atoms with E-state index in [0.29, 0.717) is 6.04 Å². The molecule has 2 aromatic rings. The van der Waals surface area contributed by atoms with Crippen LogP contribution in [-0.2, 0) is 12.8 Å². The minimum atomic E-state index is 0.437. The molecule has 1 atom stereocenters. The molecule has 2 nitrogen and oxygen atoms in total. The summed E-state index contributed by atoms with van der Waals surface area (Å²) in [5.41, 5.74) is 1.31. The van der Waals surface area contributed by atoms with Crippen LogP contribution in [-0.4, -0.2) is 18.1 Å². The molecule has 0 amide bonds. The third-order valence-corrected chi connectivity index (χ3v) is 3.97. The molecule has 0 saturated heterocycles. The van der Waals surface area contributed by atoms with Gasteiger partial charge in [0, 0.05) is 23.3 Å². The Morgan fingerprint density at radius 3 is 2.59 bits per heavy atom. The van der Waals surface area contributed by atoms with Crippen LogP contribution in [0.1, 0.15) is 10.4 Å². The van der Waals surface area contributed by atoms with Gasteiger partial charge < -0.3 is 5.32 Å². The highest BCUT2D eigenvalue weighted by atomic mass is 35.5. The first-order valence-electron chi connectivity index (χ1n) is 5.58. The minimum absolute atomic E-state index is 0.437. The van der Waals surface area contributed by atoms with E-state index in [2.05, 4.69) is 28.5 Å². The number of rotatable bonds is 5. The lowest BCUT2D eigenvalue weighted by Gasteiger charge is -2.15. The molecule has 0 aliphatic rings. The van der Waals surface area contributed by atoms with Gasteiger partial charge in [0.05, 0.1) is 4.34 Å². The third kappa shape index (κ3) is 3.80. The Labute approximate surface area is 111 Å². The summed E-state index contributed by atoms with van der Waals surface area (Å²) in [6, 6.07) is 8.62. The molecule has 2 aromatic heterocycles. The highest BCUT2D eigenvalue weighted by Crippen LogP contribution is 2.23. The Morgan fingerprint density at radius 2 is 2.00 bits per heavy atom. The molecule has 0 aromatic carbocycles. The number of hydrogen-bond donors (Lipinski definition) is 1. The van der Waals surface area contributed by atoms with Crippen molar-refractivity contribution < 1.29 is 0 Å². The van der Waals surface area contributed by atoms with Crippen molar-refractivity contribution in [1.29, 1.82) is 0 Å². The number of nitrogens with one attached hydrogen (secondary N) is 1. The van der Waals surface area contributed by atoms with Gasteiger partial charge in [-0.05, 0) is 49.7 Å². The summed E-state index contributed by atoms with van der Waals surface area (Å²) in [4.78, 5) is 5.35. The lowest BCUT2D eigenvalue weighted by Crippen LogP contribution is -2.29. The Morgan fingerprint density at radius 1 is 1.24 bits per heavy atom. The zero-order chi connectivity index (χ0) is 12.1. The van der Waals surface area contributed by atoms with Crippen LogP contribution < -0.4 is 5.32 Å². The van der Waals surface area contributed by atoms with Gasteiger partial charge in [-0.25, -0.2) is 0 Å². The Bertz CT molecular complexity index is 455. The molecule has 0 spiro atoms. The SMILES string of the molecule is CNC(Cc1ccncc1)Cc1ccc(Cl)s1. The molecule has 1 N–H and O–H groups in total. The van der Waals surface area contributed by atoms with Crippen LogP contribution in [0.4, 0.5) is 0 Å². The average Bonchev–Trinajstić information content (AvgIpc) is 2.75. The largest absolute Gasteiger partial charge is 0.316 e. The second-order valence-electron chi connectivity index (χ2n) is 3.96. The van der Waals surface area contributed by atoms with E-state index in [4.69, 9.17) is 11.6 Å². The summed E-state index contributed by atoms with van der Waals surface area (Å²) in [7, 11) is 2.00. The number of hydrogen-bond acceptors (Lipinski definition) is 3. The maximum Gasteiger partial charge on any atom is 0.0931 e. The Hall–Kier alpha value is -0.900. The normalized spacial score (nSPS) is 12.6. The molecule has 0 fully saturated rings. The summed E-state index contributed by atoms with van der Waals surface area (Å²) < 4.78 is 0.860. The van der Waals surface area contributed by atoms with Crippen molar-refractivity contribution in [3.63, 3.8) is 0 Å². The van der Waals surface area contributed by atoms with Crippen LogP contribution >= 0.6 is 22.9 Å². The minimum Gasteiger partial charge on any atom is -0.316 e. The monoisotopic (exact) mass is 266 g/mol. The van der Waals surface area contributed by atoms with Crippen LogP contribution in [0.3, 0.4) is 0 Å². The standard InChI is InChI=1S/C13H15ClN2S/c1-15-11(8-10-4-6-16-7-5-10)9-12-2-3-13(14)17-12/h2-7,11,15H,8-9H2,1H3. The second-order valence-corrected chi connectivity index (χ2v) is 5.75. The predicted octanol–water partition coefficient (Wildman–Crippen LogP) is 3.17. The number of likely N-dealkylation sites (N-methyl/N-ethyl adjacent to an activating group) is 1. The maximum absolute atomic E-state index is 5.94. The number of aromatic nitrogens is 1. The highest BCUT2D eigenvalue weighted by molar-refractivity contribution is 7.16. The number of nitrogens with zero attached hydrogens (tertiary/aromatic N) is 1. The molecule has 17 heavy (non-hydrogen) atoms. The molecule has 0 aliphatic carbocycles.